The van der Waals surface area contributed by atoms with Gasteiger partial charge in [-0.15, -0.1) is 0 Å². The molecule has 2 aromatic carbocycles. The average molecular weight is 399 g/mol. The Morgan fingerprint density at radius 2 is 1.96 bits per heavy atom. The van der Waals surface area contributed by atoms with Crippen molar-refractivity contribution in [3.05, 3.63) is 48.3 Å². The third-order valence-electron chi connectivity index (χ3n) is 4.20. The van der Waals surface area contributed by atoms with E-state index in [1.807, 2.05) is 0 Å². The molecule has 1 heterocycles. The Morgan fingerprint density at radius 3 is 2.69 bits per heavy atom. The number of rotatable bonds is 4. The van der Waals surface area contributed by atoms with Gasteiger partial charge in [-0.1, -0.05) is 6.07 Å². The number of nitrogens with two attached hydrogens (primary N) is 1. The molecule has 0 spiro atoms. The first kappa shape index (κ1) is 18.8. The molecule has 1 aliphatic rings. The van der Waals surface area contributed by atoms with E-state index in [1.165, 1.54) is 30.3 Å². The molecule has 0 atom stereocenters. The number of hydrogen-bond acceptors (Lipinski definition) is 5. The normalized spacial score (nSPS) is 15.5. The van der Waals surface area contributed by atoms with Crippen molar-refractivity contribution >= 4 is 38.9 Å². The largest absolute Gasteiger partial charge is 0.397 e. The van der Waals surface area contributed by atoms with E-state index in [9.17, 15) is 12.8 Å². The molecule has 9 heteroatoms. The van der Waals surface area contributed by atoms with Gasteiger partial charge in [-0.05, 0) is 49.4 Å². The van der Waals surface area contributed by atoms with Crippen molar-refractivity contribution in [2.75, 3.05) is 40.6 Å². The van der Waals surface area contributed by atoms with Crippen LogP contribution in [0.5, 0.6) is 0 Å². The molecule has 0 saturated carbocycles. The van der Waals surface area contributed by atoms with Crippen LogP contribution in [-0.2, 0) is 10.0 Å². The Balaban J connectivity index is 1.89. The van der Waals surface area contributed by atoms with Gasteiger partial charge in [0, 0.05) is 31.4 Å². The molecule has 0 radical (unpaired) electrons. The van der Waals surface area contributed by atoms with Crippen LogP contribution >= 0.6 is 11.8 Å². The number of hydrogen-bond donors (Lipinski definition) is 2. The fourth-order valence-electron chi connectivity index (χ4n) is 2.88. The van der Waals surface area contributed by atoms with E-state index in [2.05, 4.69) is 10.2 Å². The summed E-state index contributed by atoms with van der Waals surface area (Å²) >= 11 is 5.99. The van der Waals surface area contributed by atoms with Crippen molar-refractivity contribution in [2.24, 2.45) is 0 Å². The second kappa shape index (κ2) is 7.69. The fourth-order valence-corrected chi connectivity index (χ4v) is 4.32. The molecule has 3 rings (SSSR count). The highest BCUT2D eigenvalue weighted by atomic mass is 35.5. The van der Waals surface area contributed by atoms with Gasteiger partial charge in [0.2, 0.25) is 0 Å². The number of halogens is 2. The highest BCUT2D eigenvalue weighted by Crippen LogP contribution is 2.31. The summed E-state index contributed by atoms with van der Waals surface area (Å²) in [7, 11) is -4.06. The Kier molecular flexibility index (Phi) is 5.55. The molecule has 2 aromatic rings. The second-order valence-electron chi connectivity index (χ2n) is 6.01. The summed E-state index contributed by atoms with van der Waals surface area (Å²) in [4.78, 5) is 2.07. The lowest BCUT2D eigenvalue weighted by Gasteiger charge is -2.24. The standard InChI is InChI=1S/C17H20ClFN4O2S/c18-23(14-4-1-3-13(19)11-14)26(24,25)15-5-6-17(16(20)12-15)22-9-2-7-21-8-10-22/h1,3-6,11-12,21H,2,7-10,20H2. The number of sulfonamides is 1. The van der Waals surface area contributed by atoms with Crippen molar-refractivity contribution in [3.8, 4) is 0 Å². The van der Waals surface area contributed by atoms with Gasteiger partial charge in [0.1, 0.15) is 5.82 Å². The van der Waals surface area contributed by atoms with Gasteiger partial charge in [-0.3, -0.25) is 0 Å². The number of nitrogen functional groups attached to an aromatic ring is 1. The number of benzene rings is 2. The SMILES string of the molecule is Nc1cc(S(=O)(=O)N(Cl)c2cccc(F)c2)ccc1N1CCCNCC1. The Labute approximate surface area is 157 Å². The van der Waals surface area contributed by atoms with Gasteiger partial charge in [0.25, 0.3) is 10.0 Å². The Morgan fingerprint density at radius 1 is 1.15 bits per heavy atom. The minimum atomic E-state index is -4.06. The summed E-state index contributed by atoms with van der Waals surface area (Å²) in [5.41, 5.74) is 7.29. The first-order chi connectivity index (χ1) is 12.4. The molecule has 1 fully saturated rings. The van der Waals surface area contributed by atoms with Gasteiger partial charge in [-0.2, -0.15) is 12.2 Å². The zero-order valence-electron chi connectivity index (χ0n) is 14.0. The van der Waals surface area contributed by atoms with Crippen molar-refractivity contribution in [2.45, 2.75) is 11.3 Å². The van der Waals surface area contributed by atoms with Crippen LogP contribution < -0.4 is 19.8 Å². The summed E-state index contributed by atoms with van der Waals surface area (Å²) < 4.78 is 39.4. The number of nitrogens with one attached hydrogen (secondary N) is 1. The predicted octanol–water partition coefficient (Wildman–Crippen LogP) is 2.56. The molecular formula is C17H20ClFN4O2S. The third kappa shape index (κ3) is 3.87. The van der Waals surface area contributed by atoms with E-state index in [0.717, 1.165) is 44.4 Å². The van der Waals surface area contributed by atoms with Crippen LogP contribution in [0.15, 0.2) is 47.4 Å². The monoisotopic (exact) mass is 398 g/mol. The van der Waals surface area contributed by atoms with Gasteiger partial charge in [0.05, 0.1) is 22.0 Å². The number of anilines is 3. The van der Waals surface area contributed by atoms with E-state index < -0.39 is 15.8 Å². The maximum absolute atomic E-state index is 13.4. The molecule has 0 amide bonds. The summed E-state index contributed by atoms with van der Waals surface area (Å²) in [5, 5.41) is 3.31. The van der Waals surface area contributed by atoms with Crippen LogP contribution in [0.3, 0.4) is 0 Å². The van der Waals surface area contributed by atoms with Crippen molar-refractivity contribution < 1.29 is 12.8 Å². The fraction of sp³-hybridized carbons (Fsp3) is 0.294. The van der Waals surface area contributed by atoms with Gasteiger partial charge < -0.3 is 16.0 Å². The van der Waals surface area contributed by atoms with Crippen LogP contribution in [0.1, 0.15) is 6.42 Å². The van der Waals surface area contributed by atoms with Crippen LogP contribution in [-0.4, -0.2) is 34.6 Å². The molecule has 6 nitrogen and oxygen atoms in total. The summed E-state index contributed by atoms with van der Waals surface area (Å²) in [6.07, 6.45) is 0.981. The smallest absolute Gasteiger partial charge is 0.278 e. The minimum Gasteiger partial charge on any atom is -0.397 e. The lowest BCUT2D eigenvalue weighted by atomic mass is 10.2. The minimum absolute atomic E-state index is 0.0212. The average Bonchev–Trinajstić information content (AvgIpc) is 2.90. The maximum Gasteiger partial charge on any atom is 0.278 e. The van der Waals surface area contributed by atoms with Crippen LogP contribution in [0.25, 0.3) is 0 Å². The van der Waals surface area contributed by atoms with Gasteiger partial charge in [-0.25, -0.2) is 4.39 Å². The summed E-state index contributed by atoms with van der Waals surface area (Å²) in [5.74, 6) is -0.576. The molecular weight excluding hydrogens is 379 g/mol. The van der Waals surface area contributed by atoms with Gasteiger partial charge >= 0.3 is 0 Å². The van der Waals surface area contributed by atoms with E-state index in [0.29, 0.717) is 9.51 Å². The van der Waals surface area contributed by atoms with Gasteiger partial charge in [0.15, 0.2) is 0 Å². The van der Waals surface area contributed by atoms with Crippen LogP contribution in [0, 0.1) is 5.82 Å². The first-order valence-electron chi connectivity index (χ1n) is 8.21. The molecule has 0 aromatic heterocycles. The zero-order chi connectivity index (χ0) is 18.7. The number of nitrogens with zero attached hydrogens (tertiary/aromatic N) is 2. The van der Waals surface area contributed by atoms with E-state index >= 15 is 0 Å². The quantitative estimate of drug-likeness (QED) is 0.611. The highest BCUT2D eigenvalue weighted by molar-refractivity contribution is 7.94. The first-order valence-corrected chi connectivity index (χ1v) is 9.99. The lowest BCUT2D eigenvalue weighted by Crippen LogP contribution is -2.28. The molecule has 0 aliphatic carbocycles. The maximum atomic E-state index is 13.4. The molecule has 0 unspecified atom stereocenters. The molecule has 1 aliphatic heterocycles. The van der Waals surface area contributed by atoms with Crippen molar-refractivity contribution in [1.82, 2.24) is 5.32 Å². The third-order valence-corrected chi connectivity index (χ3v) is 6.42. The Hall–Kier alpha value is -2.03. The summed E-state index contributed by atoms with van der Waals surface area (Å²) in [6, 6.07) is 9.60. The molecule has 3 N–H and O–H groups in total. The summed E-state index contributed by atoms with van der Waals surface area (Å²) in [6.45, 7) is 3.42. The lowest BCUT2D eigenvalue weighted by molar-refractivity contribution is 0.597. The van der Waals surface area contributed by atoms with Crippen molar-refractivity contribution in [3.63, 3.8) is 0 Å². The zero-order valence-corrected chi connectivity index (χ0v) is 15.6. The van der Waals surface area contributed by atoms with Crippen molar-refractivity contribution in [1.29, 1.82) is 0 Å². The molecule has 140 valence electrons. The van der Waals surface area contributed by atoms with Crippen LogP contribution in [0.4, 0.5) is 21.5 Å². The van der Waals surface area contributed by atoms with E-state index in [1.54, 1.807) is 6.07 Å². The second-order valence-corrected chi connectivity index (χ2v) is 8.34. The topological polar surface area (TPSA) is 78.7 Å². The Bertz CT molecular complexity index is 886. The molecule has 0 bridgehead atoms. The van der Waals surface area contributed by atoms with Crippen LogP contribution in [0.2, 0.25) is 0 Å². The molecule has 26 heavy (non-hydrogen) atoms. The highest BCUT2D eigenvalue weighted by Gasteiger charge is 2.25. The van der Waals surface area contributed by atoms with E-state index in [4.69, 9.17) is 17.5 Å². The molecule has 1 saturated heterocycles. The van der Waals surface area contributed by atoms with E-state index in [-0.39, 0.29) is 10.6 Å². The predicted molar refractivity (Wildman–Crippen MR) is 102 cm³/mol.